The van der Waals surface area contributed by atoms with Crippen molar-refractivity contribution in [3.63, 3.8) is 0 Å². The van der Waals surface area contributed by atoms with Crippen LogP contribution in [0.15, 0.2) is 23.3 Å². The Bertz CT molecular complexity index is 172. The molecule has 10 heavy (non-hydrogen) atoms. The Balaban J connectivity index is 2.63. The predicted molar refractivity (Wildman–Crippen MR) is 45.9 cm³/mol. The molecule has 1 aliphatic rings. The molecule has 0 nitrogen and oxygen atoms in total. The zero-order chi connectivity index (χ0) is 7.56. The summed E-state index contributed by atoms with van der Waals surface area (Å²) in [5, 5.41) is 0. The van der Waals surface area contributed by atoms with Gasteiger partial charge < -0.3 is 0 Å². The molecule has 0 aromatic carbocycles. The third-order valence-electron chi connectivity index (χ3n) is 2.07. The predicted octanol–water partition coefficient (Wildman–Crippen LogP) is 3.31. The minimum Gasteiger partial charge on any atom is -0.0847 e. The fourth-order valence-electron chi connectivity index (χ4n) is 1.60. The molecule has 0 aliphatic heterocycles. The summed E-state index contributed by atoms with van der Waals surface area (Å²) in [6.07, 6.45) is 7.12. The van der Waals surface area contributed by atoms with Crippen LogP contribution in [-0.2, 0) is 0 Å². The van der Waals surface area contributed by atoms with E-state index in [2.05, 4.69) is 32.9 Å². The highest BCUT2D eigenvalue weighted by atomic mass is 14.2. The van der Waals surface area contributed by atoms with E-state index < -0.39 is 0 Å². The topological polar surface area (TPSA) is 0 Å². The molecule has 1 rings (SSSR count). The molecule has 0 spiro atoms. The van der Waals surface area contributed by atoms with Gasteiger partial charge in [-0.25, -0.2) is 0 Å². The van der Waals surface area contributed by atoms with Crippen LogP contribution in [0.1, 0.15) is 33.6 Å². The Morgan fingerprint density at radius 2 is 2.40 bits per heavy atom. The fourth-order valence-corrected chi connectivity index (χ4v) is 1.60. The molecule has 0 radical (unpaired) electrons. The molecular formula is C10H16. The Kier molecular flexibility index (Phi) is 2.31. The van der Waals surface area contributed by atoms with Crippen LogP contribution in [0.4, 0.5) is 0 Å². The van der Waals surface area contributed by atoms with Crippen LogP contribution in [0.25, 0.3) is 0 Å². The molecule has 0 saturated carbocycles. The second kappa shape index (κ2) is 3.05. The average molecular weight is 136 g/mol. The van der Waals surface area contributed by atoms with Gasteiger partial charge in [0, 0.05) is 0 Å². The van der Waals surface area contributed by atoms with E-state index in [4.69, 9.17) is 0 Å². The van der Waals surface area contributed by atoms with Crippen LogP contribution in [-0.4, -0.2) is 0 Å². The summed E-state index contributed by atoms with van der Waals surface area (Å²) in [6.45, 7) is 6.69. The maximum Gasteiger partial charge on any atom is -0.00458 e. The standard InChI is InChI=1S/C10H16/c1-4-5-10-7-8(2)6-9(10)3/h5-6,9H,4,7H2,1-3H3/b10-5-. The fraction of sp³-hybridized carbons (Fsp3) is 0.600. The minimum absolute atomic E-state index is 0.708. The quantitative estimate of drug-likeness (QED) is 0.485. The molecule has 0 aromatic heterocycles. The summed E-state index contributed by atoms with van der Waals surface area (Å²) in [4.78, 5) is 0. The Morgan fingerprint density at radius 1 is 1.70 bits per heavy atom. The third kappa shape index (κ3) is 1.50. The molecule has 56 valence electrons. The number of allylic oxidation sites excluding steroid dienone is 4. The first kappa shape index (κ1) is 7.59. The Hall–Kier alpha value is -0.520. The van der Waals surface area contributed by atoms with Gasteiger partial charge in [-0.2, -0.15) is 0 Å². The van der Waals surface area contributed by atoms with E-state index in [9.17, 15) is 0 Å². The lowest BCUT2D eigenvalue weighted by Crippen LogP contribution is -1.87. The molecule has 1 unspecified atom stereocenters. The van der Waals surface area contributed by atoms with Crippen LogP contribution >= 0.6 is 0 Å². The summed E-state index contributed by atoms with van der Waals surface area (Å²) in [5.41, 5.74) is 3.15. The van der Waals surface area contributed by atoms with E-state index in [1.165, 1.54) is 18.4 Å². The second-order valence-electron chi connectivity index (χ2n) is 3.17. The molecule has 0 amide bonds. The SMILES string of the molecule is CC/C=C1/CC(C)=CC1C. The van der Waals surface area contributed by atoms with Crippen molar-refractivity contribution in [2.75, 3.05) is 0 Å². The molecule has 1 aliphatic carbocycles. The molecule has 0 fully saturated rings. The largest absolute Gasteiger partial charge is 0.0847 e. The van der Waals surface area contributed by atoms with Gasteiger partial charge in [-0.1, -0.05) is 37.1 Å². The number of hydrogen-bond donors (Lipinski definition) is 0. The molecule has 0 saturated heterocycles. The second-order valence-corrected chi connectivity index (χ2v) is 3.17. The normalized spacial score (nSPS) is 29.3. The highest BCUT2D eigenvalue weighted by Crippen LogP contribution is 2.29. The van der Waals surface area contributed by atoms with Crippen molar-refractivity contribution >= 4 is 0 Å². The average Bonchev–Trinajstić information content (AvgIpc) is 2.13. The van der Waals surface area contributed by atoms with Crippen molar-refractivity contribution < 1.29 is 0 Å². The molecule has 0 aromatic rings. The Morgan fingerprint density at radius 3 is 2.80 bits per heavy atom. The summed E-state index contributed by atoms with van der Waals surface area (Å²) < 4.78 is 0. The van der Waals surface area contributed by atoms with Crippen molar-refractivity contribution in [1.29, 1.82) is 0 Å². The lowest BCUT2D eigenvalue weighted by atomic mass is 10.0. The summed E-state index contributed by atoms with van der Waals surface area (Å²) in [7, 11) is 0. The van der Waals surface area contributed by atoms with Gasteiger partial charge in [-0.3, -0.25) is 0 Å². The highest BCUT2D eigenvalue weighted by molar-refractivity contribution is 5.27. The summed E-state index contributed by atoms with van der Waals surface area (Å²) in [6, 6.07) is 0. The first-order valence-electron chi connectivity index (χ1n) is 4.10. The first-order chi connectivity index (χ1) is 4.74. The Labute approximate surface area is 63.6 Å². The van der Waals surface area contributed by atoms with Crippen LogP contribution in [0, 0.1) is 5.92 Å². The van der Waals surface area contributed by atoms with Gasteiger partial charge in [-0.15, -0.1) is 0 Å². The maximum absolute atomic E-state index is 2.36. The van der Waals surface area contributed by atoms with Crippen LogP contribution < -0.4 is 0 Å². The van der Waals surface area contributed by atoms with Gasteiger partial charge in [0.2, 0.25) is 0 Å². The third-order valence-corrected chi connectivity index (χ3v) is 2.07. The molecule has 0 heterocycles. The van der Waals surface area contributed by atoms with Gasteiger partial charge in [0.05, 0.1) is 0 Å². The van der Waals surface area contributed by atoms with Crippen LogP contribution in [0.2, 0.25) is 0 Å². The first-order valence-corrected chi connectivity index (χ1v) is 4.10. The smallest absolute Gasteiger partial charge is 0.00458 e. The van der Waals surface area contributed by atoms with Crippen molar-refractivity contribution in [3.8, 4) is 0 Å². The van der Waals surface area contributed by atoms with E-state index >= 15 is 0 Å². The zero-order valence-corrected chi connectivity index (χ0v) is 7.15. The van der Waals surface area contributed by atoms with Crippen molar-refractivity contribution in [1.82, 2.24) is 0 Å². The zero-order valence-electron chi connectivity index (χ0n) is 7.15. The van der Waals surface area contributed by atoms with E-state index in [1.807, 2.05) is 0 Å². The summed E-state index contributed by atoms with van der Waals surface area (Å²) in [5.74, 6) is 0.708. The van der Waals surface area contributed by atoms with Gasteiger partial charge in [-0.05, 0) is 25.7 Å². The van der Waals surface area contributed by atoms with Crippen molar-refractivity contribution in [2.45, 2.75) is 33.6 Å². The van der Waals surface area contributed by atoms with E-state index in [-0.39, 0.29) is 0 Å². The monoisotopic (exact) mass is 136 g/mol. The molecular weight excluding hydrogens is 120 g/mol. The van der Waals surface area contributed by atoms with Gasteiger partial charge >= 0.3 is 0 Å². The molecule has 1 atom stereocenters. The maximum atomic E-state index is 2.36. The lowest BCUT2D eigenvalue weighted by molar-refractivity contribution is 0.865. The van der Waals surface area contributed by atoms with Crippen molar-refractivity contribution in [2.24, 2.45) is 5.92 Å². The molecule has 0 bridgehead atoms. The molecule has 0 heteroatoms. The minimum atomic E-state index is 0.708. The van der Waals surface area contributed by atoms with Crippen LogP contribution in [0.3, 0.4) is 0 Å². The van der Waals surface area contributed by atoms with Gasteiger partial charge in [0.1, 0.15) is 0 Å². The molecule has 0 N–H and O–H groups in total. The lowest BCUT2D eigenvalue weighted by Gasteiger charge is -2.01. The number of hydrogen-bond acceptors (Lipinski definition) is 0. The van der Waals surface area contributed by atoms with E-state index in [0.29, 0.717) is 5.92 Å². The van der Waals surface area contributed by atoms with E-state index in [0.717, 1.165) is 0 Å². The summed E-state index contributed by atoms with van der Waals surface area (Å²) >= 11 is 0. The van der Waals surface area contributed by atoms with Crippen molar-refractivity contribution in [3.05, 3.63) is 23.3 Å². The van der Waals surface area contributed by atoms with Gasteiger partial charge in [0.25, 0.3) is 0 Å². The van der Waals surface area contributed by atoms with Crippen LogP contribution in [0.5, 0.6) is 0 Å². The van der Waals surface area contributed by atoms with Gasteiger partial charge in [0.15, 0.2) is 0 Å². The number of rotatable bonds is 1. The highest BCUT2D eigenvalue weighted by Gasteiger charge is 2.12. The van der Waals surface area contributed by atoms with E-state index in [1.54, 1.807) is 5.57 Å².